The number of benzene rings is 2. The summed E-state index contributed by atoms with van der Waals surface area (Å²) in [7, 11) is 1.42. The number of hydrogen-bond donors (Lipinski definition) is 8. The third-order valence-electron chi connectivity index (χ3n) is 7.15. The number of aliphatic hydroxyl groups is 8. The minimum Gasteiger partial charge on any atom is -0.497 e. The van der Waals surface area contributed by atoms with Crippen LogP contribution >= 0.6 is 0 Å². The molecule has 0 bridgehead atoms. The largest absolute Gasteiger partial charge is 0.497 e. The molecular formula is C26H30O15. The van der Waals surface area contributed by atoms with Crippen LogP contribution in [0.1, 0.15) is 0 Å². The average Bonchev–Trinajstić information content (AvgIpc) is 2.97. The quantitative estimate of drug-likeness (QED) is 0.105. The molecule has 0 amide bonds. The highest BCUT2D eigenvalue weighted by molar-refractivity contribution is 6.08. The molecule has 0 unspecified atom stereocenters. The van der Waals surface area contributed by atoms with Gasteiger partial charge in [-0.25, -0.2) is 4.79 Å². The molecule has 15 nitrogen and oxygen atoms in total. The summed E-state index contributed by atoms with van der Waals surface area (Å²) >= 11 is 0. The van der Waals surface area contributed by atoms with Crippen LogP contribution in [0.25, 0.3) is 21.7 Å². The molecule has 2 aliphatic heterocycles. The molecule has 41 heavy (non-hydrogen) atoms. The maximum Gasteiger partial charge on any atom is 0.344 e. The van der Waals surface area contributed by atoms with Crippen molar-refractivity contribution in [2.24, 2.45) is 0 Å². The van der Waals surface area contributed by atoms with Crippen molar-refractivity contribution in [2.45, 2.75) is 61.4 Å². The minimum absolute atomic E-state index is 0.0996. The van der Waals surface area contributed by atoms with Gasteiger partial charge in [0.1, 0.15) is 71.7 Å². The third-order valence-corrected chi connectivity index (χ3v) is 7.15. The van der Waals surface area contributed by atoms with E-state index in [0.29, 0.717) is 11.1 Å². The molecule has 0 saturated carbocycles. The van der Waals surface area contributed by atoms with Crippen molar-refractivity contribution in [3.63, 3.8) is 0 Å². The fraction of sp³-hybridized carbons (Fsp3) is 0.500. The zero-order valence-corrected chi connectivity index (χ0v) is 21.5. The number of aliphatic hydroxyl groups excluding tert-OH is 8. The minimum atomic E-state index is -1.78. The van der Waals surface area contributed by atoms with Crippen LogP contribution in [0.5, 0.6) is 17.2 Å². The topological polar surface area (TPSA) is 238 Å². The average molecular weight is 583 g/mol. The van der Waals surface area contributed by atoms with E-state index in [0.717, 1.165) is 0 Å². The van der Waals surface area contributed by atoms with Crippen LogP contribution in [-0.4, -0.2) is 123 Å². The Labute approximate surface area is 230 Å². The van der Waals surface area contributed by atoms with Gasteiger partial charge in [0.25, 0.3) is 0 Å². The Bertz CT molecular complexity index is 1440. The van der Waals surface area contributed by atoms with Crippen molar-refractivity contribution >= 4 is 21.7 Å². The van der Waals surface area contributed by atoms with Crippen LogP contribution in [-0.2, 0) is 9.47 Å². The van der Waals surface area contributed by atoms with Crippen LogP contribution in [0.15, 0.2) is 39.5 Å². The Balaban J connectivity index is 1.62. The Morgan fingerprint density at radius 1 is 0.707 bits per heavy atom. The van der Waals surface area contributed by atoms with Gasteiger partial charge >= 0.3 is 5.63 Å². The predicted octanol–water partition coefficient (Wildman–Crippen LogP) is -2.69. The number of hydrogen-bond acceptors (Lipinski definition) is 15. The second kappa shape index (κ2) is 11.7. The van der Waals surface area contributed by atoms with E-state index in [4.69, 9.17) is 28.1 Å². The number of rotatable bonds is 7. The van der Waals surface area contributed by atoms with Crippen LogP contribution in [0.2, 0.25) is 0 Å². The van der Waals surface area contributed by atoms with Gasteiger partial charge in [0.05, 0.1) is 31.1 Å². The highest BCUT2D eigenvalue weighted by Crippen LogP contribution is 2.39. The van der Waals surface area contributed by atoms with E-state index in [1.54, 1.807) is 6.07 Å². The second-order valence-electron chi connectivity index (χ2n) is 9.73. The lowest BCUT2D eigenvalue weighted by Crippen LogP contribution is -2.60. The molecule has 0 aliphatic carbocycles. The van der Waals surface area contributed by atoms with Gasteiger partial charge in [-0.05, 0) is 18.2 Å². The van der Waals surface area contributed by atoms with Crippen LogP contribution < -0.4 is 19.8 Å². The van der Waals surface area contributed by atoms with Crippen LogP contribution in [0.3, 0.4) is 0 Å². The molecule has 15 heteroatoms. The Kier molecular flexibility index (Phi) is 8.36. The zero-order chi connectivity index (χ0) is 29.6. The number of fused-ring (bicyclic) bond motifs is 3. The summed E-state index contributed by atoms with van der Waals surface area (Å²) < 4.78 is 33.3. The molecule has 2 saturated heterocycles. The van der Waals surface area contributed by atoms with Gasteiger partial charge in [-0.2, -0.15) is 0 Å². The molecule has 1 aromatic heterocycles. The third kappa shape index (κ3) is 5.32. The first-order valence-corrected chi connectivity index (χ1v) is 12.6. The summed E-state index contributed by atoms with van der Waals surface area (Å²) in [6.07, 6.45) is -16.1. The second-order valence-corrected chi connectivity index (χ2v) is 9.73. The molecular weight excluding hydrogens is 552 g/mol. The predicted molar refractivity (Wildman–Crippen MR) is 135 cm³/mol. The monoisotopic (exact) mass is 582 g/mol. The standard InChI is InChI=1S/C26H30O15/c1-36-9-2-3-11-12(4-9)17-13(38-24(11)35)5-10(37-25-22(33)20(31)18(29)15(7-27)40-25)6-14(17)39-26-23(34)21(32)19(30)16(8-28)41-26/h2-6,15-16,18-23,25-34H,7-8H2,1H3/t15-,16-,18-,19-,20+,21+,22-,23-,25-,26-/m1/s1. The SMILES string of the molecule is COc1ccc2c(=O)oc3cc(O[C@@H]4O[C@H](CO)[C@@H](O)[C@H](O)[C@H]4O)cc(O[C@@H]4O[C@H](CO)[C@@H](O)[C@H](O)[C@H]4O)c3c2c1. The first kappa shape index (κ1) is 29.4. The summed E-state index contributed by atoms with van der Waals surface area (Å²) in [6.45, 7) is -1.41. The summed E-state index contributed by atoms with van der Waals surface area (Å²) in [5, 5.41) is 81.3. The lowest BCUT2D eigenvalue weighted by atomic mass is 9.99. The molecule has 2 aromatic carbocycles. The van der Waals surface area contributed by atoms with Crippen molar-refractivity contribution in [1.82, 2.24) is 0 Å². The number of methoxy groups -OCH3 is 1. The van der Waals surface area contributed by atoms with Gasteiger partial charge in [-0.15, -0.1) is 0 Å². The van der Waals surface area contributed by atoms with Gasteiger partial charge in [-0.1, -0.05) is 0 Å². The Morgan fingerprint density at radius 3 is 1.85 bits per heavy atom. The Morgan fingerprint density at radius 2 is 1.29 bits per heavy atom. The fourth-order valence-corrected chi connectivity index (χ4v) is 4.85. The van der Waals surface area contributed by atoms with Gasteiger partial charge in [0.15, 0.2) is 0 Å². The van der Waals surface area contributed by atoms with Crippen molar-refractivity contribution in [3.05, 3.63) is 40.8 Å². The first-order chi connectivity index (χ1) is 19.6. The van der Waals surface area contributed by atoms with Gasteiger partial charge < -0.3 is 69.0 Å². The van der Waals surface area contributed by atoms with Crippen LogP contribution in [0, 0.1) is 0 Å². The summed E-state index contributed by atoms with van der Waals surface area (Å²) in [4.78, 5) is 12.8. The summed E-state index contributed by atoms with van der Waals surface area (Å²) in [5.74, 6) is 0.102. The fourth-order valence-electron chi connectivity index (χ4n) is 4.85. The van der Waals surface area contributed by atoms with Gasteiger partial charge in [-0.3, -0.25) is 0 Å². The number of ether oxygens (including phenoxy) is 5. The maximum atomic E-state index is 12.8. The van der Waals surface area contributed by atoms with E-state index in [-0.39, 0.29) is 27.9 Å². The van der Waals surface area contributed by atoms with Gasteiger partial charge in [0, 0.05) is 17.5 Å². The highest BCUT2D eigenvalue weighted by Gasteiger charge is 2.46. The Hall–Kier alpha value is -3.09. The van der Waals surface area contributed by atoms with E-state index in [1.807, 2.05) is 0 Å². The molecule has 0 radical (unpaired) electrons. The van der Waals surface area contributed by atoms with E-state index < -0.39 is 80.3 Å². The normalized spacial score (nSPS) is 34.1. The first-order valence-electron chi connectivity index (χ1n) is 12.6. The maximum absolute atomic E-state index is 12.8. The molecule has 5 rings (SSSR count). The van der Waals surface area contributed by atoms with Crippen LogP contribution in [0.4, 0.5) is 0 Å². The summed E-state index contributed by atoms with van der Waals surface area (Å²) in [6, 6.07) is 7.06. The van der Waals surface area contributed by atoms with E-state index in [2.05, 4.69) is 0 Å². The summed E-state index contributed by atoms with van der Waals surface area (Å²) in [5.41, 5.74) is -0.837. The highest BCUT2D eigenvalue weighted by atomic mass is 16.7. The van der Waals surface area contributed by atoms with Crippen molar-refractivity contribution in [2.75, 3.05) is 20.3 Å². The lowest BCUT2D eigenvalue weighted by molar-refractivity contribution is -0.278. The molecule has 2 aliphatic rings. The van der Waals surface area contributed by atoms with Gasteiger partial charge in [0.2, 0.25) is 12.6 Å². The van der Waals surface area contributed by atoms with Crippen molar-refractivity contribution in [3.8, 4) is 17.2 Å². The van der Waals surface area contributed by atoms with E-state index in [1.165, 1.54) is 31.4 Å². The molecule has 2 fully saturated rings. The van der Waals surface area contributed by atoms with E-state index in [9.17, 15) is 45.6 Å². The van der Waals surface area contributed by atoms with Crippen molar-refractivity contribution < 1.29 is 69.0 Å². The smallest absolute Gasteiger partial charge is 0.344 e. The molecule has 3 heterocycles. The molecule has 3 aromatic rings. The molecule has 224 valence electrons. The van der Waals surface area contributed by atoms with Crippen molar-refractivity contribution in [1.29, 1.82) is 0 Å². The van der Waals surface area contributed by atoms with E-state index >= 15 is 0 Å². The molecule has 10 atom stereocenters. The zero-order valence-electron chi connectivity index (χ0n) is 21.5. The molecule has 0 spiro atoms. The molecule has 8 N–H and O–H groups in total. The lowest BCUT2D eigenvalue weighted by Gasteiger charge is -2.40.